The number of ether oxygens (including phenoxy) is 1. The van der Waals surface area contributed by atoms with E-state index in [1.54, 1.807) is 6.92 Å². The van der Waals surface area contributed by atoms with Crippen molar-refractivity contribution in [2.45, 2.75) is 26.2 Å². The van der Waals surface area contributed by atoms with Crippen LogP contribution in [0.2, 0.25) is 0 Å². The lowest BCUT2D eigenvalue weighted by molar-refractivity contribution is -0.138. The van der Waals surface area contributed by atoms with Crippen LogP contribution >= 0.6 is 0 Å². The summed E-state index contributed by atoms with van der Waals surface area (Å²) in [7, 11) is 0. The van der Waals surface area contributed by atoms with Gasteiger partial charge in [0.2, 0.25) is 0 Å². The Bertz CT molecular complexity index is 721. The highest BCUT2D eigenvalue weighted by Gasteiger charge is 2.18. The van der Waals surface area contributed by atoms with Gasteiger partial charge in [0.1, 0.15) is 5.75 Å². The first kappa shape index (κ1) is 16.6. The summed E-state index contributed by atoms with van der Waals surface area (Å²) in [6, 6.07) is 15.4. The molecule has 0 heterocycles. The molecule has 0 fully saturated rings. The molecular weight excluding hydrogens is 288 g/mol. The number of carboxylic acids is 1. The molecule has 2 rings (SSSR count). The van der Waals surface area contributed by atoms with Crippen molar-refractivity contribution in [3.63, 3.8) is 0 Å². The molecule has 0 aromatic heterocycles. The van der Waals surface area contributed by atoms with Crippen molar-refractivity contribution in [3.05, 3.63) is 54.1 Å². The van der Waals surface area contributed by atoms with Crippen LogP contribution in [-0.2, 0) is 4.79 Å². The first-order valence-corrected chi connectivity index (χ1v) is 7.62. The van der Waals surface area contributed by atoms with Crippen molar-refractivity contribution in [1.82, 2.24) is 0 Å². The first-order valence-electron chi connectivity index (χ1n) is 7.62. The number of para-hydroxylation sites is 1. The van der Waals surface area contributed by atoms with E-state index in [9.17, 15) is 9.90 Å². The van der Waals surface area contributed by atoms with Crippen LogP contribution in [0, 0.1) is 11.8 Å². The fourth-order valence-corrected chi connectivity index (χ4v) is 2.43. The average molecular weight is 308 g/mol. The molecule has 3 nitrogen and oxygen atoms in total. The summed E-state index contributed by atoms with van der Waals surface area (Å²) in [4.78, 5) is 11.4. The summed E-state index contributed by atoms with van der Waals surface area (Å²) in [6.07, 6.45) is 0.320. The Balaban J connectivity index is 2.31. The smallest absolute Gasteiger partial charge is 0.311 e. The van der Waals surface area contributed by atoms with Crippen LogP contribution < -0.4 is 4.74 Å². The lowest BCUT2D eigenvalue weighted by atomic mass is 9.94. The number of hydrogen-bond acceptors (Lipinski definition) is 2. The van der Waals surface area contributed by atoms with Gasteiger partial charge in [-0.25, -0.2) is 0 Å². The maximum Gasteiger partial charge on any atom is 0.311 e. The quantitative estimate of drug-likeness (QED) is 0.808. The van der Waals surface area contributed by atoms with E-state index in [-0.39, 0.29) is 0 Å². The van der Waals surface area contributed by atoms with Crippen molar-refractivity contribution < 1.29 is 14.6 Å². The van der Waals surface area contributed by atoms with Crippen molar-refractivity contribution in [2.24, 2.45) is 0 Å². The molecule has 0 bridgehead atoms. The number of carboxylic acid groups (broad SMARTS) is 1. The van der Waals surface area contributed by atoms with Gasteiger partial charge in [-0.05, 0) is 31.0 Å². The molecule has 0 saturated carbocycles. The summed E-state index contributed by atoms with van der Waals surface area (Å²) in [5.74, 6) is 4.98. The normalized spacial score (nSPS) is 11.2. The van der Waals surface area contributed by atoms with Gasteiger partial charge in [0, 0.05) is 12.0 Å². The molecule has 1 unspecified atom stereocenters. The average Bonchev–Trinajstić information content (AvgIpc) is 2.56. The van der Waals surface area contributed by atoms with Crippen LogP contribution in [0.15, 0.2) is 48.5 Å². The molecular formula is C20H20O3. The molecule has 0 saturated heterocycles. The summed E-state index contributed by atoms with van der Waals surface area (Å²) in [6.45, 7) is 4.27. The predicted octanol–water partition coefficient (Wildman–Crippen LogP) is 4.33. The minimum absolute atomic E-state index is 0.320. The van der Waals surface area contributed by atoms with E-state index in [0.29, 0.717) is 13.0 Å². The Morgan fingerprint density at radius 2 is 1.87 bits per heavy atom. The molecule has 2 aromatic carbocycles. The number of rotatable bonds is 6. The minimum atomic E-state index is -0.852. The molecule has 3 heteroatoms. The summed E-state index contributed by atoms with van der Waals surface area (Å²) >= 11 is 0. The Labute approximate surface area is 136 Å². The fraction of sp³-hybridized carbons (Fsp3) is 0.250. The lowest BCUT2D eigenvalue weighted by Crippen LogP contribution is -2.10. The number of hydrogen-bond donors (Lipinski definition) is 1. The zero-order valence-electron chi connectivity index (χ0n) is 13.4. The topological polar surface area (TPSA) is 46.5 Å². The molecule has 0 amide bonds. The monoisotopic (exact) mass is 308 g/mol. The van der Waals surface area contributed by atoms with Crippen molar-refractivity contribution in [3.8, 4) is 28.7 Å². The molecule has 0 aliphatic rings. The Kier molecular flexibility index (Phi) is 5.82. The van der Waals surface area contributed by atoms with Crippen LogP contribution in [0.4, 0.5) is 0 Å². The van der Waals surface area contributed by atoms with Gasteiger partial charge in [0.05, 0.1) is 12.5 Å². The van der Waals surface area contributed by atoms with Crippen LogP contribution in [-0.4, -0.2) is 17.7 Å². The Morgan fingerprint density at radius 1 is 1.17 bits per heavy atom. The van der Waals surface area contributed by atoms with E-state index < -0.39 is 11.9 Å². The Morgan fingerprint density at radius 3 is 2.48 bits per heavy atom. The van der Waals surface area contributed by atoms with E-state index in [1.165, 1.54) is 0 Å². The van der Waals surface area contributed by atoms with E-state index in [0.717, 1.165) is 22.4 Å². The third-order valence-electron chi connectivity index (χ3n) is 3.59. The van der Waals surface area contributed by atoms with Gasteiger partial charge in [-0.3, -0.25) is 4.79 Å². The molecule has 0 aliphatic carbocycles. The highest BCUT2D eigenvalue weighted by atomic mass is 16.5. The summed E-state index contributed by atoms with van der Waals surface area (Å²) < 4.78 is 5.65. The van der Waals surface area contributed by atoms with Gasteiger partial charge in [0.15, 0.2) is 0 Å². The third kappa shape index (κ3) is 4.14. The highest BCUT2D eigenvalue weighted by Crippen LogP contribution is 2.31. The number of benzene rings is 2. The van der Waals surface area contributed by atoms with Gasteiger partial charge in [-0.1, -0.05) is 42.5 Å². The second kappa shape index (κ2) is 8.05. The molecule has 2 aromatic rings. The first-order chi connectivity index (χ1) is 11.2. The predicted molar refractivity (Wildman–Crippen MR) is 91.5 cm³/mol. The minimum Gasteiger partial charge on any atom is -0.493 e. The van der Waals surface area contributed by atoms with E-state index in [4.69, 9.17) is 4.74 Å². The van der Waals surface area contributed by atoms with Gasteiger partial charge < -0.3 is 9.84 Å². The van der Waals surface area contributed by atoms with Crippen molar-refractivity contribution in [2.75, 3.05) is 6.61 Å². The second-order valence-electron chi connectivity index (χ2n) is 5.07. The molecule has 1 atom stereocenters. The molecule has 1 N–H and O–H groups in total. The zero-order valence-corrected chi connectivity index (χ0v) is 13.4. The van der Waals surface area contributed by atoms with E-state index in [1.807, 2.05) is 55.5 Å². The van der Waals surface area contributed by atoms with Crippen LogP contribution in [0.1, 0.15) is 31.7 Å². The molecule has 0 radical (unpaired) electrons. The van der Waals surface area contributed by atoms with Gasteiger partial charge in [0.25, 0.3) is 0 Å². The molecule has 0 spiro atoms. The number of carbonyl (C=O) groups is 1. The molecule has 23 heavy (non-hydrogen) atoms. The van der Waals surface area contributed by atoms with Crippen LogP contribution in [0.3, 0.4) is 0 Å². The maximum atomic E-state index is 11.4. The van der Waals surface area contributed by atoms with Crippen molar-refractivity contribution >= 4 is 5.97 Å². The standard InChI is InChI=1S/C20H20O3/c1-3-5-8-18(20(21)22)16-13-11-15(12-14-16)17-9-6-7-10-19(17)23-4-2/h6-7,9-14,18H,4,8H2,1-2H3,(H,21,22). The van der Waals surface area contributed by atoms with Crippen LogP contribution in [0.25, 0.3) is 11.1 Å². The summed E-state index contributed by atoms with van der Waals surface area (Å²) in [5, 5.41) is 9.37. The third-order valence-corrected chi connectivity index (χ3v) is 3.59. The molecule has 118 valence electrons. The largest absolute Gasteiger partial charge is 0.493 e. The molecule has 0 aliphatic heterocycles. The number of aliphatic carboxylic acids is 1. The van der Waals surface area contributed by atoms with Gasteiger partial charge in [-0.2, -0.15) is 0 Å². The fourth-order valence-electron chi connectivity index (χ4n) is 2.43. The Hall–Kier alpha value is -2.73. The van der Waals surface area contributed by atoms with E-state index >= 15 is 0 Å². The second-order valence-corrected chi connectivity index (χ2v) is 5.07. The zero-order chi connectivity index (χ0) is 16.7. The van der Waals surface area contributed by atoms with Gasteiger partial charge in [-0.15, -0.1) is 11.8 Å². The lowest BCUT2D eigenvalue weighted by Gasteiger charge is -2.13. The summed E-state index contributed by atoms with van der Waals surface area (Å²) in [5.41, 5.74) is 2.77. The highest BCUT2D eigenvalue weighted by molar-refractivity contribution is 5.77. The maximum absolute atomic E-state index is 11.4. The van der Waals surface area contributed by atoms with Crippen molar-refractivity contribution in [1.29, 1.82) is 0 Å². The SMILES string of the molecule is CC#CCC(C(=O)O)c1ccc(-c2ccccc2OCC)cc1. The van der Waals surface area contributed by atoms with Crippen LogP contribution in [0.5, 0.6) is 5.75 Å². The van der Waals surface area contributed by atoms with E-state index in [2.05, 4.69) is 11.8 Å². The van der Waals surface area contributed by atoms with Gasteiger partial charge >= 0.3 is 5.97 Å².